The van der Waals surface area contributed by atoms with Crippen LogP contribution in [0.4, 0.5) is 0 Å². The van der Waals surface area contributed by atoms with E-state index in [2.05, 4.69) is 19.7 Å². The molecular formula is C7H10Cl2. The second-order valence-corrected chi connectivity index (χ2v) is 2.50. The van der Waals surface area contributed by atoms with Crippen molar-refractivity contribution in [2.75, 3.05) is 0 Å². The van der Waals surface area contributed by atoms with E-state index in [9.17, 15) is 0 Å². The molecule has 0 aromatic rings. The van der Waals surface area contributed by atoms with Crippen LogP contribution in [-0.4, -0.2) is 0 Å². The van der Waals surface area contributed by atoms with E-state index >= 15 is 0 Å². The summed E-state index contributed by atoms with van der Waals surface area (Å²) in [4.78, 5) is 0. The fourth-order valence-corrected chi connectivity index (χ4v) is 0. The van der Waals surface area contributed by atoms with Gasteiger partial charge in [-0.3, -0.25) is 0 Å². The van der Waals surface area contributed by atoms with Gasteiger partial charge in [0.25, 0.3) is 0 Å². The lowest BCUT2D eigenvalue weighted by Gasteiger charge is -1.71. The first-order valence-corrected chi connectivity index (χ1v) is 3.04. The molecule has 0 nitrogen and oxygen atoms in total. The first kappa shape index (κ1) is 11.6. The zero-order valence-electron chi connectivity index (χ0n) is 5.45. The molecule has 0 aliphatic carbocycles. The molecule has 0 rings (SSSR count). The number of halogens is 2. The summed E-state index contributed by atoms with van der Waals surface area (Å²) in [6.45, 7) is 12.0. The van der Waals surface area contributed by atoms with Crippen molar-refractivity contribution >= 4 is 23.2 Å². The summed E-state index contributed by atoms with van der Waals surface area (Å²) in [7, 11) is 0. The van der Waals surface area contributed by atoms with Crippen molar-refractivity contribution < 1.29 is 0 Å². The second-order valence-electron chi connectivity index (χ2n) is 1.39. The van der Waals surface area contributed by atoms with Crippen LogP contribution in [0, 0.1) is 0 Å². The van der Waals surface area contributed by atoms with Gasteiger partial charge in [-0.15, -0.1) is 0 Å². The Hall–Kier alpha value is -0.200. The third kappa shape index (κ3) is 81.0. The third-order valence-corrected chi connectivity index (χ3v) is 0.348. The standard InChI is InChI=1S/C5H8.C2H2Cl2/c1-4-5(2)3;1-2(3)4/h4H,1-2H2,3H3;1H2. The molecule has 0 atom stereocenters. The Bertz CT molecular complexity index is 110. The van der Waals surface area contributed by atoms with E-state index < -0.39 is 0 Å². The molecule has 2 heteroatoms. The zero-order valence-corrected chi connectivity index (χ0v) is 6.97. The van der Waals surface area contributed by atoms with Crippen molar-refractivity contribution in [3.63, 3.8) is 0 Å². The number of allylic oxidation sites excluding steroid dienone is 2. The van der Waals surface area contributed by atoms with Crippen molar-refractivity contribution in [2.24, 2.45) is 0 Å². The topological polar surface area (TPSA) is 0 Å². The Morgan fingerprint density at radius 3 is 1.44 bits per heavy atom. The van der Waals surface area contributed by atoms with E-state index in [-0.39, 0.29) is 4.49 Å². The van der Waals surface area contributed by atoms with E-state index in [1.807, 2.05) is 6.92 Å². The van der Waals surface area contributed by atoms with E-state index in [0.29, 0.717) is 0 Å². The number of rotatable bonds is 1. The fourth-order valence-electron chi connectivity index (χ4n) is 0. The van der Waals surface area contributed by atoms with Crippen LogP contribution in [0.1, 0.15) is 6.92 Å². The van der Waals surface area contributed by atoms with Crippen molar-refractivity contribution in [2.45, 2.75) is 6.92 Å². The summed E-state index contributed by atoms with van der Waals surface area (Å²) in [6, 6.07) is 0. The van der Waals surface area contributed by atoms with Gasteiger partial charge >= 0.3 is 0 Å². The Morgan fingerprint density at radius 1 is 1.33 bits per heavy atom. The largest absolute Gasteiger partial charge is 0.0992 e. The molecule has 0 bridgehead atoms. The minimum Gasteiger partial charge on any atom is -0.0988 e. The molecule has 0 aliphatic heterocycles. The Morgan fingerprint density at radius 2 is 1.44 bits per heavy atom. The summed E-state index contributed by atoms with van der Waals surface area (Å²) >= 11 is 9.69. The maximum atomic E-state index is 4.85. The predicted octanol–water partition coefficient (Wildman–Crippen LogP) is 3.68. The highest BCUT2D eigenvalue weighted by Gasteiger charge is 1.60. The van der Waals surface area contributed by atoms with E-state index in [0.717, 1.165) is 5.57 Å². The van der Waals surface area contributed by atoms with E-state index in [1.54, 1.807) is 6.08 Å². The summed E-state index contributed by atoms with van der Waals surface area (Å²) in [6.07, 6.45) is 1.72. The van der Waals surface area contributed by atoms with Gasteiger partial charge in [0.15, 0.2) is 0 Å². The molecule has 9 heavy (non-hydrogen) atoms. The Balaban J connectivity index is 0. The zero-order chi connectivity index (χ0) is 7.86. The third-order valence-electron chi connectivity index (χ3n) is 0.348. The van der Waals surface area contributed by atoms with Crippen LogP contribution in [-0.2, 0) is 0 Å². The van der Waals surface area contributed by atoms with Gasteiger partial charge < -0.3 is 0 Å². The molecule has 0 heterocycles. The van der Waals surface area contributed by atoms with Crippen molar-refractivity contribution in [3.05, 3.63) is 35.9 Å². The highest BCUT2D eigenvalue weighted by Crippen LogP contribution is 1.98. The summed E-state index contributed by atoms with van der Waals surface area (Å²) in [5.41, 5.74) is 1.02. The first-order chi connectivity index (χ1) is 4.00. The molecule has 0 unspecified atom stereocenters. The Kier molecular flexibility index (Phi) is 10.0. The van der Waals surface area contributed by atoms with Gasteiger partial charge in [-0.1, -0.05) is 54.6 Å². The lowest BCUT2D eigenvalue weighted by molar-refractivity contribution is 1.58. The normalized spacial score (nSPS) is 6.56. The van der Waals surface area contributed by atoms with Gasteiger partial charge in [-0.05, 0) is 6.92 Å². The van der Waals surface area contributed by atoms with Crippen LogP contribution >= 0.6 is 23.2 Å². The lowest BCUT2D eigenvalue weighted by atomic mass is 10.4. The minimum atomic E-state index is 0.111. The molecule has 0 aliphatic rings. The molecule has 0 radical (unpaired) electrons. The monoisotopic (exact) mass is 164 g/mol. The summed E-state index contributed by atoms with van der Waals surface area (Å²) < 4.78 is 0.111. The second kappa shape index (κ2) is 7.80. The molecule has 0 N–H and O–H groups in total. The Labute approximate surface area is 66.5 Å². The molecule has 0 saturated heterocycles. The van der Waals surface area contributed by atoms with Gasteiger partial charge in [-0.2, -0.15) is 0 Å². The average Bonchev–Trinajstić information content (AvgIpc) is 1.65. The maximum Gasteiger partial charge on any atom is 0.0992 e. The van der Waals surface area contributed by atoms with Crippen molar-refractivity contribution in [1.82, 2.24) is 0 Å². The molecule has 0 saturated carbocycles. The quantitative estimate of drug-likeness (QED) is 0.520. The van der Waals surface area contributed by atoms with Crippen molar-refractivity contribution in [3.8, 4) is 0 Å². The van der Waals surface area contributed by atoms with E-state index in [4.69, 9.17) is 23.2 Å². The fraction of sp³-hybridized carbons (Fsp3) is 0.143. The summed E-state index contributed by atoms with van der Waals surface area (Å²) in [5.74, 6) is 0. The number of hydrogen-bond acceptors (Lipinski definition) is 0. The average molecular weight is 165 g/mol. The molecule has 52 valence electrons. The van der Waals surface area contributed by atoms with Crippen molar-refractivity contribution in [1.29, 1.82) is 0 Å². The van der Waals surface area contributed by atoms with Crippen LogP contribution in [0.25, 0.3) is 0 Å². The van der Waals surface area contributed by atoms with Gasteiger partial charge in [0.05, 0.1) is 4.49 Å². The SMILES string of the molecule is C=C(Cl)Cl.C=CC(=C)C. The smallest absolute Gasteiger partial charge is 0.0988 e. The molecule has 0 fully saturated rings. The highest BCUT2D eigenvalue weighted by molar-refractivity contribution is 6.55. The van der Waals surface area contributed by atoms with Gasteiger partial charge in [-0.25, -0.2) is 0 Å². The number of hydrogen-bond donors (Lipinski definition) is 0. The lowest BCUT2D eigenvalue weighted by Crippen LogP contribution is -1.50. The highest BCUT2D eigenvalue weighted by atomic mass is 35.5. The van der Waals surface area contributed by atoms with Crippen LogP contribution < -0.4 is 0 Å². The van der Waals surface area contributed by atoms with Gasteiger partial charge in [0.1, 0.15) is 0 Å². The van der Waals surface area contributed by atoms with E-state index in [1.165, 1.54) is 0 Å². The van der Waals surface area contributed by atoms with Gasteiger partial charge in [0, 0.05) is 0 Å². The molecule has 0 amide bonds. The van der Waals surface area contributed by atoms with Crippen LogP contribution in [0.2, 0.25) is 0 Å². The molecular weight excluding hydrogens is 155 g/mol. The summed E-state index contributed by atoms with van der Waals surface area (Å²) in [5, 5.41) is 0. The van der Waals surface area contributed by atoms with Crippen LogP contribution in [0.3, 0.4) is 0 Å². The predicted molar refractivity (Wildman–Crippen MR) is 45.9 cm³/mol. The molecule has 0 aromatic heterocycles. The van der Waals surface area contributed by atoms with Gasteiger partial charge in [0.2, 0.25) is 0 Å². The maximum absolute atomic E-state index is 4.85. The van der Waals surface area contributed by atoms with Crippen LogP contribution in [0.5, 0.6) is 0 Å². The minimum absolute atomic E-state index is 0.111. The molecule has 0 aromatic carbocycles. The first-order valence-electron chi connectivity index (χ1n) is 2.28. The molecule has 0 spiro atoms. The van der Waals surface area contributed by atoms with Crippen LogP contribution in [0.15, 0.2) is 35.9 Å².